The molecular formula is C17H20ClFIN5O. The summed E-state index contributed by atoms with van der Waals surface area (Å²) in [6, 6.07) is 9.22. The predicted molar refractivity (Wildman–Crippen MR) is 113 cm³/mol. The molecule has 3 N–H and O–H groups in total. The fourth-order valence-electron chi connectivity index (χ4n) is 2.00. The lowest BCUT2D eigenvalue weighted by Gasteiger charge is -2.12. The van der Waals surface area contributed by atoms with Gasteiger partial charge in [-0.25, -0.2) is 9.37 Å². The van der Waals surface area contributed by atoms with Gasteiger partial charge in [0.2, 0.25) is 5.91 Å². The Morgan fingerprint density at radius 2 is 1.92 bits per heavy atom. The Morgan fingerprint density at radius 1 is 1.19 bits per heavy atom. The van der Waals surface area contributed by atoms with Crippen LogP contribution in [0.4, 0.5) is 10.1 Å². The molecule has 140 valence electrons. The average Bonchev–Trinajstić information content (AvgIpc) is 2.61. The zero-order valence-electron chi connectivity index (χ0n) is 14.1. The summed E-state index contributed by atoms with van der Waals surface area (Å²) in [5.74, 6) is -0.0933. The molecule has 2 rings (SSSR count). The van der Waals surface area contributed by atoms with Crippen LogP contribution in [-0.4, -0.2) is 37.0 Å². The molecule has 0 aliphatic carbocycles. The van der Waals surface area contributed by atoms with Crippen LogP contribution >= 0.6 is 35.6 Å². The van der Waals surface area contributed by atoms with E-state index in [1.807, 2.05) is 6.07 Å². The van der Waals surface area contributed by atoms with Crippen LogP contribution in [0.2, 0.25) is 5.15 Å². The van der Waals surface area contributed by atoms with E-state index < -0.39 is 0 Å². The Kier molecular flexibility index (Phi) is 9.89. The van der Waals surface area contributed by atoms with Gasteiger partial charge >= 0.3 is 0 Å². The van der Waals surface area contributed by atoms with Gasteiger partial charge in [0.05, 0.1) is 6.54 Å². The summed E-state index contributed by atoms with van der Waals surface area (Å²) in [5, 5.41) is 9.14. The summed E-state index contributed by atoms with van der Waals surface area (Å²) in [7, 11) is 1.62. The molecule has 0 aliphatic heterocycles. The predicted octanol–water partition coefficient (Wildman–Crippen LogP) is 2.84. The van der Waals surface area contributed by atoms with Gasteiger partial charge in [-0.1, -0.05) is 17.7 Å². The molecular weight excluding hydrogens is 472 g/mol. The number of anilines is 1. The Labute approximate surface area is 173 Å². The Hall–Kier alpha value is -1.94. The van der Waals surface area contributed by atoms with Crippen molar-refractivity contribution in [3.8, 4) is 0 Å². The number of benzene rings is 1. The molecule has 26 heavy (non-hydrogen) atoms. The minimum atomic E-state index is -0.350. The van der Waals surface area contributed by atoms with E-state index in [-0.39, 0.29) is 42.2 Å². The van der Waals surface area contributed by atoms with Gasteiger partial charge in [-0.15, -0.1) is 24.0 Å². The highest BCUT2D eigenvalue weighted by Gasteiger charge is 2.04. The van der Waals surface area contributed by atoms with Crippen molar-refractivity contribution in [2.75, 3.05) is 25.5 Å². The molecule has 0 aliphatic rings. The Balaban J connectivity index is 0.00000338. The fourth-order valence-corrected chi connectivity index (χ4v) is 2.11. The van der Waals surface area contributed by atoms with Crippen molar-refractivity contribution in [2.45, 2.75) is 6.42 Å². The second-order valence-corrected chi connectivity index (χ2v) is 5.53. The number of nitrogens with one attached hydrogen (secondary N) is 3. The van der Waals surface area contributed by atoms with Crippen LogP contribution in [0.5, 0.6) is 0 Å². The van der Waals surface area contributed by atoms with Crippen LogP contribution in [0.1, 0.15) is 5.56 Å². The molecule has 6 nitrogen and oxygen atoms in total. The van der Waals surface area contributed by atoms with E-state index in [4.69, 9.17) is 11.6 Å². The van der Waals surface area contributed by atoms with Gasteiger partial charge in [-0.2, -0.15) is 0 Å². The first-order valence-electron chi connectivity index (χ1n) is 7.67. The van der Waals surface area contributed by atoms with E-state index in [0.717, 1.165) is 12.0 Å². The fraction of sp³-hybridized carbons (Fsp3) is 0.235. The highest BCUT2D eigenvalue weighted by Crippen LogP contribution is 2.07. The lowest BCUT2D eigenvalue weighted by Crippen LogP contribution is -2.42. The monoisotopic (exact) mass is 491 g/mol. The maximum absolute atomic E-state index is 12.8. The summed E-state index contributed by atoms with van der Waals surface area (Å²) in [6.07, 6.45) is 2.46. The highest BCUT2D eigenvalue weighted by atomic mass is 127. The van der Waals surface area contributed by atoms with Crippen LogP contribution in [-0.2, 0) is 11.2 Å². The van der Waals surface area contributed by atoms with Gasteiger partial charge in [0, 0.05) is 25.5 Å². The number of rotatable bonds is 6. The van der Waals surface area contributed by atoms with Crippen molar-refractivity contribution in [1.82, 2.24) is 15.6 Å². The third-order valence-electron chi connectivity index (χ3n) is 3.26. The molecule has 1 heterocycles. The van der Waals surface area contributed by atoms with Crippen LogP contribution in [0.15, 0.2) is 47.6 Å². The SMILES string of the molecule is CN=C(NCCc1ccc(Cl)nc1)NCC(=O)Nc1ccc(F)cc1.I. The molecule has 9 heteroatoms. The van der Waals surface area contributed by atoms with Gasteiger partial charge in [0.15, 0.2) is 5.96 Å². The lowest BCUT2D eigenvalue weighted by molar-refractivity contribution is -0.115. The number of pyridine rings is 1. The van der Waals surface area contributed by atoms with Crippen LogP contribution in [0, 0.1) is 5.82 Å². The number of nitrogens with zero attached hydrogens (tertiary/aromatic N) is 2. The van der Waals surface area contributed by atoms with E-state index in [1.54, 1.807) is 19.3 Å². The zero-order valence-corrected chi connectivity index (χ0v) is 17.2. The number of carbonyl (C=O) groups excluding carboxylic acids is 1. The maximum atomic E-state index is 12.8. The molecule has 0 atom stereocenters. The van der Waals surface area contributed by atoms with E-state index in [9.17, 15) is 9.18 Å². The maximum Gasteiger partial charge on any atom is 0.243 e. The number of amides is 1. The van der Waals surface area contributed by atoms with Crippen molar-refractivity contribution < 1.29 is 9.18 Å². The number of hydrogen-bond donors (Lipinski definition) is 3. The first kappa shape index (κ1) is 22.1. The molecule has 0 unspecified atom stereocenters. The minimum absolute atomic E-state index is 0. The van der Waals surface area contributed by atoms with Gasteiger partial charge < -0.3 is 16.0 Å². The van der Waals surface area contributed by atoms with E-state index in [1.165, 1.54) is 24.3 Å². The third-order valence-corrected chi connectivity index (χ3v) is 3.49. The molecule has 0 spiro atoms. The second kappa shape index (κ2) is 11.6. The number of halogens is 3. The molecule has 1 amide bonds. The highest BCUT2D eigenvalue weighted by molar-refractivity contribution is 14.0. The largest absolute Gasteiger partial charge is 0.356 e. The zero-order chi connectivity index (χ0) is 18.1. The third kappa shape index (κ3) is 7.96. The second-order valence-electron chi connectivity index (χ2n) is 5.15. The number of aliphatic imine (C=N–C) groups is 1. The molecule has 1 aromatic heterocycles. The van der Waals surface area contributed by atoms with Crippen molar-refractivity contribution in [2.24, 2.45) is 4.99 Å². The lowest BCUT2D eigenvalue weighted by atomic mass is 10.2. The average molecular weight is 492 g/mol. The van der Waals surface area contributed by atoms with Gasteiger partial charge in [0.1, 0.15) is 11.0 Å². The summed E-state index contributed by atoms with van der Waals surface area (Å²) < 4.78 is 12.8. The van der Waals surface area contributed by atoms with Crippen molar-refractivity contribution >= 4 is 53.1 Å². The summed E-state index contributed by atoms with van der Waals surface area (Å²) >= 11 is 5.74. The van der Waals surface area contributed by atoms with Crippen LogP contribution < -0.4 is 16.0 Å². The number of guanidine groups is 1. The standard InChI is InChI=1S/C17H19ClFN5O.HI/c1-20-17(21-9-8-12-2-7-15(18)22-10-12)23-11-16(25)24-14-5-3-13(19)4-6-14;/h2-7,10H,8-9,11H2,1H3,(H,24,25)(H2,20,21,23);1H. The summed E-state index contributed by atoms with van der Waals surface area (Å²) in [6.45, 7) is 0.669. The number of aromatic nitrogens is 1. The van der Waals surface area contributed by atoms with Gasteiger partial charge in [0.25, 0.3) is 0 Å². The molecule has 0 radical (unpaired) electrons. The number of hydrogen-bond acceptors (Lipinski definition) is 3. The van der Waals surface area contributed by atoms with Crippen molar-refractivity contribution in [3.63, 3.8) is 0 Å². The van der Waals surface area contributed by atoms with Gasteiger partial charge in [-0.05, 0) is 42.3 Å². The molecule has 0 saturated carbocycles. The smallest absolute Gasteiger partial charge is 0.243 e. The van der Waals surface area contributed by atoms with E-state index in [2.05, 4.69) is 25.9 Å². The molecule has 2 aromatic rings. The topological polar surface area (TPSA) is 78.4 Å². The first-order valence-corrected chi connectivity index (χ1v) is 8.05. The molecule has 0 bridgehead atoms. The summed E-state index contributed by atoms with van der Waals surface area (Å²) in [4.78, 5) is 19.9. The van der Waals surface area contributed by atoms with Gasteiger partial charge in [-0.3, -0.25) is 9.79 Å². The molecule has 0 fully saturated rings. The van der Waals surface area contributed by atoms with E-state index >= 15 is 0 Å². The molecule has 0 saturated heterocycles. The minimum Gasteiger partial charge on any atom is -0.356 e. The Bertz CT molecular complexity index is 725. The number of carbonyl (C=O) groups is 1. The van der Waals surface area contributed by atoms with E-state index in [0.29, 0.717) is 23.3 Å². The summed E-state index contributed by atoms with van der Waals surface area (Å²) in [5.41, 5.74) is 1.58. The van der Waals surface area contributed by atoms with Crippen molar-refractivity contribution in [1.29, 1.82) is 0 Å². The quantitative estimate of drug-likeness (QED) is 0.251. The van der Waals surface area contributed by atoms with Crippen LogP contribution in [0.3, 0.4) is 0 Å². The van der Waals surface area contributed by atoms with Crippen molar-refractivity contribution in [3.05, 3.63) is 59.1 Å². The molecule has 1 aromatic carbocycles. The normalized spacial score (nSPS) is 10.7. The first-order chi connectivity index (χ1) is 12.1. The van der Waals surface area contributed by atoms with Crippen LogP contribution in [0.25, 0.3) is 0 Å². The Morgan fingerprint density at radius 3 is 2.54 bits per heavy atom.